The Bertz CT molecular complexity index is 725. The number of hydrogen-bond acceptors (Lipinski definition) is 3. The summed E-state index contributed by atoms with van der Waals surface area (Å²) in [6.07, 6.45) is 6.84. The van der Waals surface area contributed by atoms with Gasteiger partial charge in [0.1, 0.15) is 0 Å². The van der Waals surface area contributed by atoms with Gasteiger partial charge in [0.15, 0.2) is 0 Å². The quantitative estimate of drug-likeness (QED) is 0.764. The van der Waals surface area contributed by atoms with Gasteiger partial charge >= 0.3 is 6.09 Å². The molecule has 2 atom stereocenters. The van der Waals surface area contributed by atoms with E-state index in [1.165, 1.54) is 11.1 Å². The highest BCUT2D eigenvalue weighted by atomic mass is 16.6. The van der Waals surface area contributed by atoms with Gasteiger partial charge in [0.25, 0.3) is 0 Å². The number of hydrogen-bond donors (Lipinski definition) is 0. The Morgan fingerprint density at radius 3 is 2.72 bits per heavy atom. The summed E-state index contributed by atoms with van der Waals surface area (Å²) in [6.45, 7) is 5.33. The molecule has 5 nitrogen and oxygen atoms in total. The van der Waals surface area contributed by atoms with Gasteiger partial charge in [-0.1, -0.05) is 44.0 Å². The van der Waals surface area contributed by atoms with E-state index in [9.17, 15) is 4.79 Å². The van der Waals surface area contributed by atoms with Crippen LogP contribution >= 0.6 is 0 Å². The minimum absolute atomic E-state index is 0.0165. The predicted octanol–water partition coefficient (Wildman–Crippen LogP) is 4.26. The highest BCUT2D eigenvalue weighted by molar-refractivity contribution is 5.69. The summed E-state index contributed by atoms with van der Waals surface area (Å²) in [6, 6.07) is 8.38. The lowest BCUT2D eigenvalue weighted by Crippen LogP contribution is -2.41. The second-order valence-electron chi connectivity index (χ2n) is 6.78. The van der Waals surface area contributed by atoms with E-state index in [2.05, 4.69) is 37.1 Å². The van der Waals surface area contributed by atoms with Crippen LogP contribution in [0.3, 0.4) is 0 Å². The molecule has 0 aliphatic carbocycles. The fourth-order valence-corrected chi connectivity index (χ4v) is 3.56. The summed E-state index contributed by atoms with van der Waals surface area (Å²) in [4.78, 5) is 14.5. The molecular formula is C20H27N3O2. The predicted molar refractivity (Wildman–Crippen MR) is 97.5 cm³/mol. The number of carbonyl (C=O) groups is 1. The third-order valence-corrected chi connectivity index (χ3v) is 5.00. The molecule has 5 heteroatoms. The molecule has 0 radical (unpaired) electrons. The Hall–Kier alpha value is -2.30. The van der Waals surface area contributed by atoms with Crippen LogP contribution in [-0.4, -0.2) is 33.9 Å². The van der Waals surface area contributed by atoms with Crippen LogP contribution in [0.4, 0.5) is 4.79 Å². The fraction of sp³-hybridized carbons (Fsp3) is 0.500. The van der Waals surface area contributed by atoms with Gasteiger partial charge in [-0.15, -0.1) is 0 Å². The van der Waals surface area contributed by atoms with E-state index in [-0.39, 0.29) is 18.1 Å². The van der Waals surface area contributed by atoms with Gasteiger partial charge in [0, 0.05) is 25.7 Å². The number of amides is 1. The Morgan fingerprint density at radius 1 is 1.28 bits per heavy atom. The monoisotopic (exact) mass is 341 g/mol. The van der Waals surface area contributed by atoms with Crippen LogP contribution in [0.2, 0.25) is 0 Å². The molecule has 2 aromatic rings. The van der Waals surface area contributed by atoms with Crippen LogP contribution in [0.5, 0.6) is 0 Å². The number of benzene rings is 1. The largest absolute Gasteiger partial charge is 0.449 e. The van der Waals surface area contributed by atoms with Gasteiger partial charge in [-0.25, -0.2) is 4.79 Å². The van der Waals surface area contributed by atoms with Crippen molar-refractivity contribution in [3.63, 3.8) is 0 Å². The highest BCUT2D eigenvalue weighted by Crippen LogP contribution is 2.39. The van der Waals surface area contributed by atoms with E-state index < -0.39 is 0 Å². The molecule has 0 bridgehead atoms. The maximum Gasteiger partial charge on any atom is 0.410 e. The number of rotatable bonds is 5. The number of aromatic nitrogens is 2. The summed E-state index contributed by atoms with van der Waals surface area (Å²) in [5.74, 6) is 0.129. The zero-order chi connectivity index (χ0) is 17.8. The number of ether oxygens (including phenoxy) is 1. The average molecular weight is 341 g/mol. The molecule has 1 aromatic carbocycles. The molecule has 25 heavy (non-hydrogen) atoms. The molecule has 3 rings (SSSR count). The molecule has 2 heterocycles. The highest BCUT2D eigenvalue weighted by Gasteiger charge is 2.35. The summed E-state index contributed by atoms with van der Waals surface area (Å²) in [5, 5.41) is 4.31. The molecule has 1 aliphatic heterocycles. The Balaban J connectivity index is 1.83. The summed E-state index contributed by atoms with van der Waals surface area (Å²) < 4.78 is 7.33. The summed E-state index contributed by atoms with van der Waals surface area (Å²) in [7, 11) is 1.92. The van der Waals surface area contributed by atoms with Crippen LogP contribution in [0, 0.1) is 0 Å². The van der Waals surface area contributed by atoms with Crippen LogP contribution < -0.4 is 0 Å². The van der Waals surface area contributed by atoms with Crippen LogP contribution in [0.1, 0.15) is 61.8 Å². The normalized spacial score (nSPS) is 19.6. The SMILES string of the molecule is CCCCCOC(=O)N1C[C@H](c2cnn(C)c2)c2ccccc2C1C. The second-order valence-corrected chi connectivity index (χ2v) is 6.78. The van der Waals surface area contributed by atoms with Crippen LogP contribution in [0.25, 0.3) is 0 Å². The molecule has 1 aliphatic rings. The van der Waals surface area contributed by atoms with E-state index in [1.807, 2.05) is 35.1 Å². The van der Waals surface area contributed by atoms with E-state index in [0.29, 0.717) is 13.2 Å². The number of aryl methyl sites for hydroxylation is 1. The van der Waals surface area contributed by atoms with Crippen molar-refractivity contribution in [1.82, 2.24) is 14.7 Å². The van der Waals surface area contributed by atoms with Gasteiger partial charge in [0.05, 0.1) is 18.8 Å². The van der Waals surface area contributed by atoms with Crippen molar-refractivity contribution in [2.24, 2.45) is 7.05 Å². The second kappa shape index (κ2) is 7.72. The third-order valence-electron chi connectivity index (χ3n) is 5.00. The van der Waals surface area contributed by atoms with Crippen molar-refractivity contribution >= 4 is 6.09 Å². The molecule has 0 saturated carbocycles. The van der Waals surface area contributed by atoms with Crippen LogP contribution in [-0.2, 0) is 11.8 Å². The van der Waals surface area contributed by atoms with E-state index in [4.69, 9.17) is 4.74 Å². The van der Waals surface area contributed by atoms with Crippen molar-refractivity contribution < 1.29 is 9.53 Å². The zero-order valence-electron chi connectivity index (χ0n) is 15.3. The number of fused-ring (bicyclic) bond motifs is 1. The number of carbonyl (C=O) groups excluding carboxylic acids is 1. The number of unbranched alkanes of at least 4 members (excludes halogenated alkanes) is 2. The molecule has 0 saturated heterocycles. The smallest absolute Gasteiger partial charge is 0.410 e. The average Bonchev–Trinajstić information content (AvgIpc) is 3.05. The molecular weight excluding hydrogens is 314 g/mol. The molecule has 1 unspecified atom stereocenters. The lowest BCUT2D eigenvalue weighted by Gasteiger charge is -2.38. The van der Waals surface area contributed by atoms with Crippen molar-refractivity contribution in [1.29, 1.82) is 0 Å². The molecule has 1 aromatic heterocycles. The van der Waals surface area contributed by atoms with Gasteiger partial charge in [-0.05, 0) is 30.0 Å². The van der Waals surface area contributed by atoms with E-state index >= 15 is 0 Å². The van der Waals surface area contributed by atoms with E-state index in [1.54, 1.807) is 0 Å². The third kappa shape index (κ3) is 3.70. The van der Waals surface area contributed by atoms with Gasteiger partial charge in [-0.2, -0.15) is 5.10 Å². The van der Waals surface area contributed by atoms with Gasteiger partial charge < -0.3 is 9.64 Å². The first kappa shape index (κ1) is 17.5. The first-order valence-electron chi connectivity index (χ1n) is 9.12. The molecule has 0 N–H and O–H groups in total. The molecule has 0 fully saturated rings. The fourth-order valence-electron chi connectivity index (χ4n) is 3.56. The van der Waals surface area contributed by atoms with Crippen molar-refractivity contribution in [3.8, 4) is 0 Å². The maximum absolute atomic E-state index is 12.6. The van der Waals surface area contributed by atoms with E-state index in [0.717, 1.165) is 24.8 Å². The summed E-state index contributed by atoms with van der Waals surface area (Å²) in [5.41, 5.74) is 3.59. The first-order valence-corrected chi connectivity index (χ1v) is 9.12. The number of nitrogens with zero attached hydrogens (tertiary/aromatic N) is 3. The Kier molecular flexibility index (Phi) is 5.41. The molecule has 0 spiro atoms. The minimum atomic E-state index is -0.216. The lowest BCUT2D eigenvalue weighted by atomic mass is 9.83. The topological polar surface area (TPSA) is 47.4 Å². The first-order chi connectivity index (χ1) is 12.1. The van der Waals surface area contributed by atoms with Crippen LogP contribution in [0.15, 0.2) is 36.7 Å². The minimum Gasteiger partial charge on any atom is -0.449 e. The molecule has 134 valence electrons. The van der Waals surface area contributed by atoms with Crippen molar-refractivity contribution in [3.05, 3.63) is 53.3 Å². The van der Waals surface area contributed by atoms with Crippen molar-refractivity contribution in [2.75, 3.05) is 13.2 Å². The lowest BCUT2D eigenvalue weighted by molar-refractivity contribution is 0.0820. The van der Waals surface area contributed by atoms with Gasteiger partial charge in [-0.3, -0.25) is 4.68 Å². The standard InChI is InChI=1S/C20H27N3O2/c1-4-5-8-11-25-20(24)23-14-19(16-12-21-22(3)13-16)18-10-7-6-9-17(18)15(23)2/h6-7,9-10,12-13,15,19H,4-5,8,11,14H2,1-3H3/t15?,19-/m1/s1. The maximum atomic E-state index is 12.6. The van der Waals surface area contributed by atoms with Crippen molar-refractivity contribution in [2.45, 2.75) is 45.1 Å². The Morgan fingerprint density at radius 2 is 2.04 bits per heavy atom. The molecule has 1 amide bonds. The Labute approximate surface area is 149 Å². The zero-order valence-corrected chi connectivity index (χ0v) is 15.3. The van der Waals surface area contributed by atoms with Gasteiger partial charge in [0.2, 0.25) is 0 Å². The summed E-state index contributed by atoms with van der Waals surface area (Å²) >= 11 is 0.